The van der Waals surface area contributed by atoms with Crippen molar-refractivity contribution in [2.45, 2.75) is 33.1 Å². The second kappa shape index (κ2) is 10.1. The molecule has 2 aromatic carbocycles. The summed E-state index contributed by atoms with van der Waals surface area (Å²) in [6, 6.07) is 10.8. The Morgan fingerprint density at radius 1 is 0.968 bits per heavy atom. The average molecular weight is 424 g/mol. The van der Waals surface area contributed by atoms with E-state index in [2.05, 4.69) is 5.32 Å². The summed E-state index contributed by atoms with van der Waals surface area (Å²) in [6.45, 7) is 4.88. The van der Waals surface area contributed by atoms with E-state index in [1.54, 1.807) is 25.2 Å². The fraction of sp³-hybridized carbons (Fsp3) is 0.375. The molecule has 3 rings (SSSR count). The summed E-state index contributed by atoms with van der Waals surface area (Å²) in [5.74, 6) is 0.480. The molecule has 164 valence electrons. The Morgan fingerprint density at radius 3 is 2.35 bits per heavy atom. The van der Waals surface area contributed by atoms with Crippen molar-refractivity contribution in [1.29, 1.82) is 0 Å². The van der Waals surface area contributed by atoms with Crippen molar-refractivity contribution < 1.29 is 23.9 Å². The lowest BCUT2D eigenvalue weighted by Crippen LogP contribution is -2.35. The number of carbonyl (C=O) groups excluding carboxylic acids is 3. The van der Waals surface area contributed by atoms with Crippen LogP contribution in [0.3, 0.4) is 0 Å². The second-order valence-electron chi connectivity index (χ2n) is 7.70. The molecule has 1 aliphatic rings. The molecule has 1 aliphatic heterocycles. The van der Waals surface area contributed by atoms with E-state index in [0.717, 1.165) is 23.2 Å². The lowest BCUT2D eigenvalue weighted by atomic mass is 10.1. The summed E-state index contributed by atoms with van der Waals surface area (Å²) in [5.41, 5.74) is 3.16. The van der Waals surface area contributed by atoms with Gasteiger partial charge < -0.3 is 19.7 Å². The van der Waals surface area contributed by atoms with Crippen LogP contribution in [0.5, 0.6) is 11.5 Å². The highest BCUT2D eigenvalue weighted by Gasteiger charge is 2.18. The van der Waals surface area contributed by atoms with Crippen molar-refractivity contribution in [1.82, 2.24) is 4.90 Å². The predicted molar refractivity (Wildman–Crippen MR) is 118 cm³/mol. The van der Waals surface area contributed by atoms with Gasteiger partial charge in [0.05, 0.1) is 19.8 Å². The number of ether oxygens (including phenoxy) is 2. The number of Topliss-reactive ketones (excluding diaryl/α,β-unsaturated/α-hetero) is 1. The molecule has 0 saturated heterocycles. The van der Waals surface area contributed by atoms with Crippen LogP contribution in [0.25, 0.3) is 0 Å². The molecule has 0 spiro atoms. The Morgan fingerprint density at radius 2 is 1.65 bits per heavy atom. The summed E-state index contributed by atoms with van der Waals surface area (Å²) in [6.07, 6.45) is 0.873. The Kier molecular flexibility index (Phi) is 7.28. The number of anilines is 1. The summed E-state index contributed by atoms with van der Waals surface area (Å²) < 4.78 is 11.2. The Bertz CT molecular complexity index is 966. The van der Waals surface area contributed by atoms with E-state index in [4.69, 9.17) is 9.47 Å². The van der Waals surface area contributed by atoms with E-state index < -0.39 is 0 Å². The number of benzene rings is 2. The van der Waals surface area contributed by atoms with E-state index in [-0.39, 0.29) is 37.0 Å². The Hall–Kier alpha value is -3.35. The van der Waals surface area contributed by atoms with Gasteiger partial charge in [-0.3, -0.25) is 14.4 Å². The van der Waals surface area contributed by atoms with Crippen LogP contribution in [0.2, 0.25) is 0 Å². The summed E-state index contributed by atoms with van der Waals surface area (Å²) in [7, 11) is 1.56. The molecule has 0 bridgehead atoms. The van der Waals surface area contributed by atoms with Crippen LogP contribution in [0.1, 0.15) is 40.7 Å². The number of fused-ring (bicyclic) bond motifs is 1. The quantitative estimate of drug-likeness (QED) is 0.688. The first-order valence-corrected chi connectivity index (χ1v) is 10.4. The van der Waals surface area contributed by atoms with Gasteiger partial charge in [0, 0.05) is 37.6 Å². The maximum absolute atomic E-state index is 12.5. The van der Waals surface area contributed by atoms with Crippen LogP contribution < -0.4 is 14.8 Å². The number of para-hydroxylation sites is 1. The molecule has 1 N–H and O–H groups in total. The molecule has 7 heteroatoms. The Balaban J connectivity index is 1.51. The first-order valence-electron chi connectivity index (χ1n) is 10.4. The zero-order chi connectivity index (χ0) is 22.4. The number of nitrogens with one attached hydrogen (secondary N) is 1. The smallest absolute Gasteiger partial charge is 0.243 e. The predicted octanol–water partition coefficient (Wildman–Crippen LogP) is 3.52. The van der Waals surface area contributed by atoms with Crippen LogP contribution in [-0.2, 0) is 9.59 Å². The number of aryl methyl sites for hydroxylation is 2. The number of amides is 2. The molecule has 0 saturated carbocycles. The monoisotopic (exact) mass is 424 g/mol. The topological polar surface area (TPSA) is 84.9 Å². The minimum absolute atomic E-state index is 0.0282. The lowest BCUT2D eigenvalue weighted by Gasteiger charge is -2.18. The van der Waals surface area contributed by atoms with Gasteiger partial charge in [-0.05, 0) is 43.2 Å². The van der Waals surface area contributed by atoms with Gasteiger partial charge in [0.1, 0.15) is 0 Å². The molecule has 2 aromatic rings. The maximum Gasteiger partial charge on any atom is 0.243 e. The van der Waals surface area contributed by atoms with Gasteiger partial charge in [0.25, 0.3) is 0 Å². The minimum Gasteiger partial charge on any atom is -0.490 e. The molecule has 0 unspecified atom stereocenters. The Labute approximate surface area is 182 Å². The summed E-state index contributed by atoms with van der Waals surface area (Å²) >= 11 is 0. The molecular weight excluding hydrogens is 396 g/mol. The van der Waals surface area contributed by atoms with Gasteiger partial charge in [-0.1, -0.05) is 18.2 Å². The van der Waals surface area contributed by atoms with Crippen molar-refractivity contribution in [3.05, 3.63) is 53.1 Å². The van der Waals surface area contributed by atoms with E-state index in [1.807, 2.05) is 32.0 Å². The molecule has 31 heavy (non-hydrogen) atoms. The zero-order valence-electron chi connectivity index (χ0n) is 18.2. The number of carbonyl (C=O) groups is 3. The highest BCUT2D eigenvalue weighted by molar-refractivity contribution is 5.99. The third-order valence-corrected chi connectivity index (χ3v) is 5.19. The van der Waals surface area contributed by atoms with Gasteiger partial charge in [-0.15, -0.1) is 0 Å². The summed E-state index contributed by atoms with van der Waals surface area (Å²) in [5, 5.41) is 2.86. The van der Waals surface area contributed by atoms with Crippen molar-refractivity contribution in [2.75, 3.05) is 32.1 Å². The van der Waals surface area contributed by atoms with Crippen molar-refractivity contribution in [3.63, 3.8) is 0 Å². The molecule has 0 fully saturated rings. The fourth-order valence-electron chi connectivity index (χ4n) is 3.39. The number of hydrogen-bond acceptors (Lipinski definition) is 5. The number of hydrogen-bond donors (Lipinski definition) is 1. The van der Waals surface area contributed by atoms with E-state index in [0.29, 0.717) is 30.3 Å². The first-order chi connectivity index (χ1) is 14.8. The zero-order valence-corrected chi connectivity index (χ0v) is 18.2. The largest absolute Gasteiger partial charge is 0.490 e. The van der Waals surface area contributed by atoms with E-state index >= 15 is 0 Å². The molecule has 0 radical (unpaired) electrons. The van der Waals surface area contributed by atoms with E-state index in [9.17, 15) is 14.4 Å². The highest BCUT2D eigenvalue weighted by Crippen LogP contribution is 2.30. The van der Waals surface area contributed by atoms with Gasteiger partial charge in [0.2, 0.25) is 11.8 Å². The number of nitrogens with zero attached hydrogens (tertiary/aromatic N) is 1. The van der Waals surface area contributed by atoms with Crippen LogP contribution in [-0.4, -0.2) is 49.3 Å². The number of rotatable bonds is 7. The van der Waals surface area contributed by atoms with E-state index in [1.165, 1.54) is 4.90 Å². The molecule has 2 amide bonds. The molecular formula is C24H28N2O5. The van der Waals surface area contributed by atoms with Gasteiger partial charge >= 0.3 is 0 Å². The fourth-order valence-corrected chi connectivity index (χ4v) is 3.39. The van der Waals surface area contributed by atoms with Crippen LogP contribution in [0, 0.1) is 13.8 Å². The van der Waals surface area contributed by atoms with Crippen LogP contribution in [0.4, 0.5) is 5.69 Å². The maximum atomic E-state index is 12.5. The molecule has 0 aliphatic carbocycles. The standard InChI is InChI=1S/C24H28N2O5/c1-16-6-4-7-17(2)24(16)25-22(28)15-26(3)23(29)11-9-19(27)18-8-10-20-21(14-18)31-13-5-12-30-20/h4,6-8,10,14H,5,9,11-13,15H2,1-3H3,(H,25,28). The second-order valence-corrected chi connectivity index (χ2v) is 7.70. The third kappa shape index (κ3) is 5.84. The minimum atomic E-state index is -0.275. The molecule has 7 nitrogen and oxygen atoms in total. The SMILES string of the molecule is Cc1cccc(C)c1NC(=O)CN(C)C(=O)CCC(=O)c1ccc2c(c1)OCCCO2. The summed E-state index contributed by atoms with van der Waals surface area (Å²) in [4.78, 5) is 38.7. The number of ketones is 1. The average Bonchev–Trinajstić information content (AvgIpc) is 2.99. The number of likely N-dealkylation sites (N-methyl/N-ethyl adjacent to an activating group) is 1. The first kappa shape index (κ1) is 22.3. The van der Waals surface area contributed by atoms with Gasteiger partial charge in [-0.2, -0.15) is 0 Å². The van der Waals surface area contributed by atoms with Crippen molar-refractivity contribution in [3.8, 4) is 11.5 Å². The molecule has 0 aromatic heterocycles. The van der Waals surface area contributed by atoms with Crippen LogP contribution in [0.15, 0.2) is 36.4 Å². The van der Waals surface area contributed by atoms with Gasteiger partial charge in [-0.25, -0.2) is 0 Å². The molecule has 1 heterocycles. The van der Waals surface area contributed by atoms with Gasteiger partial charge in [0.15, 0.2) is 17.3 Å². The molecule has 0 atom stereocenters. The lowest BCUT2D eigenvalue weighted by molar-refractivity contribution is -0.133. The van der Waals surface area contributed by atoms with Crippen molar-refractivity contribution >= 4 is 23.3 Å². The van der Waals surface area contributed by atoms with Crippen molar-refractivity contribution in [2.24, 2.45) is 0 Å². The van der Waals surface area contributed by atoms with Crippen LogP contribution >= 0.6 is 0 Å². The highest BCUT2D eigenvalue weighted by atomic mass is 16.5. The third-order valence-electron chi connectivity index (χ3n) is 5.19. The normalized spacial score (nSPS) is 12.6.